The maximum absolute atomic E-state index is 12.4. The maximum atomic E-state index is 12.4. The third-order valence-electron chi connectivity index (χ3n) is 4.18. The summed E-state index contributed by atoms with van der Waals surface area (Å²) in [4.78, 5) is 12.4. The van der Waals surface area contributed by atoms with Gasteiger partial charge in [0.05, 0.1) is 11.6 Å². The predicted molar refractivity (Wildman–Crippen MR) is 109 cm³/mol. The first kappa shape index (κ1) is 19.1. The normalized spacial score (nSPS) is 11.8. The molecule has 1 atom stereocenters. The van der Waals surface area contributed by atoms with E-state index in [2.05, 4.69) is 5.32 Å². The molecule has 4 nitrogen and oxygen atoms in total. The van der Waals surface area contributed by atoms with E-state index in [9.17, 15) is 4.79 Å². The number of hydrogen-bond donors (Lipinski definition) is 1. The highest BCUT2D eigenvalue weighted by atomic mass is 35.5. The van der Waals surface area contributed by atoms with Crippen LogP contribution in [0.1, 0.15) is 13.3 Å². The van der Waals surface area contributed by atoms with Crippen LogP contribution in [0.25, 0.3) is 10.8 Å². The summed E-state index contributed by atoms with van der Waals surface area (Å²) in [5.41, 5.74) is 0. The van der Waals surface area contributed by atoms with Crippen LogP contribution in [-0.2, 0) is 4.79 Å². The zero-order valence-electron chi connectivity index (χ0n) is 15.2. The zero-order chi connectivity index (χ0) is 19.1. The van der Waals surface area contributed by atoms with Gasteiger partial charge in [0.15, 0.2) is 6.10 Å². The lowest BCUT2D eigenvalue weighted by atomic mass is 10.1. The molecule has 0 radical (unpaired) electrons. The highest BCUT2D eigenvalue weighted by molar-refractivity contribution is 6.32. The van der Waals surface area contributed by atoms with Gasteiger partial charge in [0, 0.05) is 5.39 Å². The second-order valence-electron chi connectivity index (χ2n) is 6.06. The van der Waals surface area contributed by atoms with Crippen molar-refractivity contribution < 1.29 is 14.3 Å². The van der Waals surface area contributed by atoms with Crippen LogP contribution >= 0.6 is 11.6 Å². The second kappa shape index (κ2) is 9.28. The molecule has 1 amide bonds. The average Bonchev–Trinajstić information content (AvgIpc) is 2.70. The number of fused-ring (bicyclic) bond motifs is 1. The Hall–Kier alpha value is -2.72. The van der Waals surface area contributed by atoms with E-state index in [4.69, 9.17) is 21.1 Å². The highest BCUT2D eigenvalue weighted by Gasteiger charge is 2.19. The molecular formula is C22H22ClNO3. The largest absolute Gasteiger partial charge is 0.491 e. The number of carbonyl (C=O) groups is 1. The first-order valence-electron chi connectivity index (χ1n) is 8.98. The van der Waals surface area contributed by atoms with Gasteiger partial charge < -0.3 is 14.8 Å². The third-order valence-corrected chi connectivity index (χ3v) is 4.49. The maximum Gasteiger partial charge on any atom is 0.261 e. The SMILES string of the molecule is CC[C@H](Oc1ccccc1Cl)C(=O)NCCOc1cccc2ccccc12. The molecule has 0 saturated heterocycles. The first-order chi connectivity index (χ1) is 13.2. The van der Waals surface area contributed by atoms with E-state index in [1.54, 1.807) is 12.1 Å². The van der Waals surface area contributed by atoms with Gasteiger partial charge in [-0.2, -0.15) is 0 Å². The Labute approximate surface area is 164 Å². The molecule has 0 heterocycles. The van der Waals surface area contributed by atoms with E-state index in [1.165, 1.54) is 0 Å². The Morgan fingerprint density at radius 1 is 1.00 bits per heavy atom. The quantitative estimate of drug-likeness (QED) is 0.566. The number of halogens is 1. The van der Waals surface area contributed by atoms with Crippen LogP contribution in [0.15, 0.2) is 66.7 Å². The van der Waals surface area contributed by atoms with Gasteiger partial charge in [-0.15, -0.1) is 0 Å². The van der Waals surface area contributed by atoms with Gasteiger partial charge in [0.1, 0.15) is 18.1 Å². The Balaban J connectivity index is 1.51. The van der Waals surface area contributed by atoms with Crippen molar-refractivity contribution in [3.05, 3.63) is 71.8 Å². The van der Waals surface area contributed by atoms with Gasteiger partial charge in [0.25, 0.3) is 5.91 Å². The van der Waals surface area contributed by atoms with Gasteiger partial charge in [-0.3, -0.25) is 4.79 Å². The molecule has 0 spiro atoms. The number of carbonyl (C=O) groups excluding carboxylic acids is 1. The molecular weight excluding hydrogens is 362 g/mol. The molecule has 0 saturated carbocycles. The van der Waals surface area contributed by atoms with Gasteiger partial charge >= 0.3 is 0 Å². The topological polar surface area (TPSA) is 47.6 Å². The van der Waals surface area contributed by atoms with Crippen LogP contribution in [0.4, 0.5) is 0 Å². The molecule has 1 N–H and O–H groups in total. The van der Waals surface area contributed by atoms with Gasteiger partial charge in [-0.1, -0.05) is 67.1 Å². The van der Waals surface area contributed by atoms with Crippen LogP contribution in [-0.4, -0.2) is 25.2 Å². The van der Waals surface area contributed by atoms with Crippen LogP contribution in [0, 0.1) is 0 Å². The summed E-state index contributed by atoms with van der Waals surface area (Å²) in [6.07, 6.45) is -0.0521. The van der Waals surface area contributed by atoms with Crippen LogP contribution in [0.5, 0.6) is 11.5 Å². The van der Waals surface area contributed by atoms with Crippen molar-refractivity contribution in [2.75, 3.05) is 13.2 Å². The van der Waals surface area contributed by atoms with Crippen LogP contribution in [0.2, 0.25) is 5.02 Å². The van der Waals surface area contributed by atoms with Crippen molar-refractivity contribution in [1.82, 2.24) is 5.32 Å². The summed E-state index contributed by atoms with van der Waals surface area (Å²) in [6.45, 7) is 2.67. The molecule has 5 heteroatoms. The Bertz CT molecular complexity index is 907. The van der Waals surface area contributed by atoms with Gasteiger partial charge in [0.2, 0.25) is 0 Å². The fraction of sp³-hybridized carbons (Fsp3) is 0.227. The van der Waals surface area contributed by atoms with Crippen LogP contribution in [0.3, 0.4) is 0 Å². The fourth-order valence-electron chi connectivity index (χ4n) is 2.79. The van der Waals surface area contributed by atoms with Crippen molar-refractivity contribution >= 4 is 28.3 Å². The minimum absolute atomic E-state index is 0.182. The lowest BCUT2D eigenvalue weighted by molar-refractivity contribution is -0.128. The summed E-state index contributed by atoms with van der Waals surface area (Å²) >= 11 is 6.10. The number of para-hydroxylation sites is 1. The number of ether oxygens (including phenoxy) is 2. The zero-order valence-corrected chi connectivity index (χ0v) is 15.9. The number of rotatable bonds is 8. The Morgan fingerprint density at radius 2 is 1.70 bits per heavy atom. The minimum Gasteiger partial charge on any atom is -0.491 e. The summed E-state index contributed by atoms with van der Waals surface area (Å²) in [6, 6.07) is 21.1. The Kier molecular flexibility index (Phi) is 6.55. The monoisotopic (exact) mass is 383 g/mol. The van der Waals surface area contributed by atoms with E-state index in [-0.39, 0.29) is 5.91 Å². The summed E-state index contributed by atoms with van der Waals surface area (Å²) < 4.78 is 11.6. The molecule has 0 fully saturated rings. The lowest BCUT2D eigenvalue weighted by Crippen LogP contribution is -2.39. The third kappa shape index (κ3) is 4.92. The van der Waals surface area contributed by atoms with Crippen LogP contribution < -0.4 is 14.8 Å². The summed E-state index contributed by atoms with van der Waals surface area (Å²) in [5.74, 6) is 1.13. The van der Waals surface area contributed by atoms with Crippen molar-refractivity contribution in [3.8, 4) is 11.5 Å². The Morgan fingerprint density at radius 3 is 2.52 bits per heavy atom. The van der Waals surface area contributed by atoms with E-state index in [1.807, 2.05) is 61.5 Å². The highest BCUT2D eigenvalue weighted by Crippen LogP contribution is 2.25. The molecule has 0 aliphatic rings. The van der Waals surface area contributed by atoms with Gasteiger partial charge in [-0.25, -0.2) is 0 Å². The molecule has 0 unspecified atom stereocenters. The number of benzene rings is 3. The summed E-state index contributed by atoms with van der Waals surface area (Å²) in [7, 11) is 0. The second-order valence-corrected chi connectivity index (χ2v) is 6.47. The molecule has 140 valence electrons. The molecule has 3 aromatic rings. The first-order valence-corrected chi connectivity index (χ1v) is 9.36. The number of nitrogens with one attached hydrogen (secondary N) is 1. The average molecular weight is 384 g/mol. The van der Waals surface area contributed by atoms with Crippen molar-refractivity contribution in [2.45, 2.75) is 19.4 Å². The molecule has 3 rings (SSSR count). The van der Waals surface area contributed by atoms with Crippen molar-refractivity contribution in [3.63, 3.8) is 0 Å². The molecule has 0 aromatic heterocycles. The lowest BCUT2D eigenvalue weighted by Gasteiger charge is -2.18. The molecule has 0 aliphatic carbocycles. The van der Waals surface area contributed by atoms with Gasteiger partial charge in [-0.05, 0) is 30.0 Å². The van der Waals surface area contributed by atoms with Crippen molar-refractivity contribution in [2.24, 2.45) is 0 Å². The molecule has 27 heavy (non-hydrogen) atoms. The number of amides is 1. The van der Waals surface area contributed by atoms with E-state index < -0.39 is 6.10 Å². The molecule has 3 aromatic carbocycles. The fourth-order valence-corrected chi connectivity index (χ4v) is 2.97. The molecule has 0 bridgehead atoms. The molecule has 0 aliphatic heterocycles. The van der Waals surface area contributed by atoms with E-state index in [0.29, 0.717) is 30.3 Å². The summed E-state index contributed by atoms with van der Waals surface area (Å²) in [5, 5.41) is 5.53. The predicted octanol–water partition coefficient (Wildman–Crippen LogP) is 4.85. The van der Waals surface area contributed by atoms with E-state index in [0.717, 1.165) is 16.5 Å². The van der Waals surface area contributed by atoms with E-state index >= 15 is 0 Å². The minimum atomic E-state index is -0.595. The smallest absolute Gasteiger partial charge is 0.261 e. The van der Waals surface area contributed by atoms with Crippen molar-refractivity contribution in [1.29, 1.82) is 0 Å². The number of hydrogen-bond acceptors (Lipinski definition) is 3. The standard InChI is InChI=1S/C22H22ClNO3/c1-2-19(27-21-12-6-5-11-18(21)23)22(25)24-14-15-26-20-13-7-9-16-8-3-4-10-17(16)20/h3-13,19H,2,14-15H2,1H3,(H,24,25)/t19-/m0/s1.